The summed E-state index contributed by atoms with van der Waals surface area (Å²) in [5.74, 6) is -0.804. The number of rotatable bonds is 2. The van der Waals surface area contributed by atoms with Crippen LogP contribution in [0.5, 0.6) is 0 Å². The molecule has 1 aliphatic rings. The third-order valence-electron chi connectivity index (χ3n) is 3.49. The van der Waals surface area contributed by atoms with E-state index in [1.165, 1.54) is 6.07 Å². The van der Waals surface area contributed by atoms with E-state index in [0.29, 0.717) is 25.2 Å². The van der Waals surface area contributed by atoms with Gasteiger partial charge in [-0.05, 0) is 31.5 Å². The van der Waals surface area contributed by atoms with Crippen LogP contribution in [0.3, 0.4) is 0 Å². The summed E-state index contributed by atoms with van der Waals surface area (Å²) < 4.78 is 13.8. The minimum Gasteiger partial charge on any atom is -0.369 e. The van der Waals surface area contributed by atoms with Crippen molar-refractivity contribution in [2.24, 2.45) is 11.1 Å². The number of amides is 1. The smallest absolute Gasteiger partial charge is 0.225 e. The van der Waals surface area contributed by atoms with E-state index in [-0.39, 0.29) is 11.5 Å². The zero-order chi connectivity index (χ0) is 13.3. The van der Waals surface area contributed by atoms with Gasteiger partial charge in [-0.25, -0.2) is 4.39 Å². The summed E-state index contributed by atoms with van der Waals surface area (Å²) in [5, 5.41) is 8.68. The number of benzene rings is 1. The monoisotopic (exact) mass is 247 g/mol. The van der Waals surface area contributed by atoms with Crippen LogP contribution in [-0.2, 0) is 4.79 Å². The fourth-order valence-electron chi connectivity index (χ4n) is 2.20. The van der Waals surface area contributed by atoms with E-state index < -0.39 is 11.2 Å². The topological polar surface area (TPSA) is 70.1 Å². The van der Waals surface area contributed by atoms with Crippen LogP contribution >= 0.6 is 0 Å². The molecule has 5 heteroatoms. The second kappa shape index (κ2) is 4.30. The van der Waals surface area contributed by atoms with Crippen LogP contribution in [0.4, 0.5) is 10.1 Å². The average Bonchev–Trinajstić information content (AvgIpc) is 2.73. The van der Waals surface area contributed by atoms with E-state index in [2.05, 4.69) is 0 Å². The minimum atomic E-state index is -0.611. The van der Waals surface area contributed by atoms with Gasteiger partial charge in [-0.3, -0.25) is 4.79 Å². The molecule has 0 aliphatic carbocycles. The normalized spacial score (nSPS) is 22.8. The molecular weight excluding hydrogens is 233 g/mol. The molecule has 18 heavy (non-hydrogen) atoms. The van der Waals surface area contributed by atoms with Gasteiger partial charge >= 0.3 is 0 Å². The van der Waals surface area contributed by atoms with Crippen LogP contribution in [0.2, 0.25) is 0 Å². The Morgan fingerprint density at radius 3 is 2.83 bits per heavy atom. The molecule has 1 saturated heterocycles. The summed E-state index contributed by atoms with van der Waals surface area (Å²) in [6, 6.07) is 6.23. The van der Waals surface area contributed by atoms with Crippen molar-refractivity contribution in [1.29, 1.82) is 5.26 Å². The second-order valence-electron chi connectivity index (χ2n) is 4.87. The molecule has 1 aliphatic heterocycles. The van der Waals surface area contributed by atoms with Crippen molar-refractivity contribution >= 4 is 11.6 Å². The highest BCUT2D eigenvalue weighted by Gasteiger charge is 2.39. The van der Waals surface area contributed by atoms with Crippen molar-refractivity contribution < 1.29 is 9.18 Å². The molecule has 94 valence electrons. The lowest BCUT2D eigenvalue weighted by atomic mass is 9.89. The van der Waals surface area contributed by atoms with E-state index >= 15 is 0 Å². The van der Waals surface area contributed by atoms with Crippen LogP contribution in [0.15, 0.2) is 18.2 Å². The van der Waals surface area contributed by atoms with Gasteiger partial charge in [-0.1, -0.05) is 0 Å². The van der Waals surface area contributed by atoms with Crippen molar-refractivity contribution in [2.45, 2.75) is 13.3 Å². The van der Waals surface area contributed by atoms with Crippen molar-refractivity contribution in [2.75, 3.05) is 18.0 Å². The first-order chi connectivity index (χ1) is 8.46. The molecular formula is C13H14FN3O. The molecule has 1 amide bonds. The lowest BCUT2D eigenvalue weighted by Gasteiger charge is -2.22. The second-order valence-corrected chi connectivity index (χ2v) is 4.87. The number of nitrogens with zero attached hydrogens (tertiary/aromatic N) is 2. The first kappa shape index (κ1) is 12.4. The fraction of sp³-hybridized carbons (Fsp3) is 0.385. The lowest BCUT2D eigenvalue weighted by molar-refractivity contribution is -0.125. The van der Waals surface area contributed by atoms with Crippen LogP contribution in [-0.4, -0.2) is 19.0 Å². The Labute approximate surface area is 105 Å². The third kappa shape index (κ3) is 2.02. The summed E-state index contributed by atoms with van der Waals surface area (Å²) >= 11 is 0. The summed E-state index contributed by atoms with van der Waals surface area (Å²) in [5.41, 5.74) is 5.44. The summed E-state index contributed by atoms with van der Waals surface area (Å²) in [6.45, 7) is 2.78. The minimum absolute atomic E-state index is 0.285. The zero-order valence-corrected chi connectivity index (χ0v) is 10.1. The molecule has 1 fully saturated rings. The van der Waals surface area contributed by atoms with Gasteiger partial charge in [0, 0.05) is 13.1 Å². The van der Waals surface area contributed by atoms with Gasteiger partial charge < -0.3 is 10.6 Å². The SMILES string of the molecule is CC1(C(N)=O)CCN(c2ccc(C#N)cc2F)C1. The van der Waals surface area contributed by atoms with Crippen molar-refractivity contribution in [3.05, 3.63) is 29.6 Å². The Morgan fingerprint density at radius 1 is 1.61 bits per heavy atom. The molecule has 2 rings (SSSR count). The number of carbonyl (C=O) groups excluding carboxylic acids is 1. The first-order valence-electron chi connectivity index (χ1n) is 5.71. The maximum atomic E-state index is 13.8. The largest absolute Gasteiger partial charge is 0.369 e. The number of primary amides is 1. The standard InChI is InChI=1S/C13H14FN3O/c1-13(12(16)18)4-5-17(8-13)11-3-2-9(7-15)6-10(11)14/h2-3,6H,4-5,8H2,1H3,(H2,16,18). The van der Waals surface area contributed by atoms with Crippen LogP contribution in [0.1, 0.15) is 18.9 Å². The number of nitriles is 1. The van der Waals surface area contributed by atoms with E-state index in [1.54, 1.807) is 24.0 Å². The maximum absolute atomic E-state index is 13.8. The number of anilines is 1. The molecule has 0 saturated carbocycles. The van der Waals surface area contributed by atoms with Crippen molar-refractivity contribution in [1.82, 2.24) is 0 Å². The van der Waals surface area contributed by atoms with Gasteiger partial charge in [0.05, 0.1) is 22.7 Å². The van der Waals surface area contributed by atoms with Gasteiger partial charge in [-0.15, -0.1) is 0 Å². The predicted octanol–water partition coefficient (Wildman–Crippen LogP) is 1.40. The van der Waals surface area contributed by atoms with Crippen LogP contribution in [0.25, 0.3) is 0 Å². The van der Waals surface area contributed by atoms with E-state index in [1.807, 2.05) is 6.07 Å². The van der Waals surface area contributed by atoms with Gasteiger partial charge in [0.1, 0.15) is 5.82 Å². The van der Waals surface area contributed by atoms with E-state index in [9.17, 15) is 9.18 Å². The maximum Gasteiger partial charge on any atom is 0.225 e. The van der Waals surface area contributed by atoms with Gasteiger partial charge in [0.25, 0.3) is 0 Å². The number of carbonyl (C=O) groups is 1. The summed E-state index contributed by atoms with van der Waals surface area (Å²) in [6.07, 6.45) is 0.613. The molecule has 0 radical (unpaired) electrons. The quantitative estimate of drug-likeness (QED) is 0.858. The highest BCUT2D eigenvalue weighted by atomic mass is 19.1. The lowest BCUT2D eigenvalue weighted by Crippen LogP contribution is -2.37. The van der Waals surface area contributed by atoms with Gasteiger partial charge in [0.15, 0.2) is 0 Å². The molecule has 1 aromatic carbocycles. The number of nitrogens with two attached hydrogens (primary N) is 1. The van der Waals surface area contributed by atoms with E-state index in [4.69, 9.17) is 11.0 Å². The fourth-order valence-corrected chi connectivity index (χ4v) is 2.20. The number of hydrogen-bond donors (Lipinski definition) is 1. The van der Waals surface area contributed by atoms with Crippen molar-refractivity contribution in [3.8, 4) is 6.07 Å². The molecule has 0 aromatic heterocycles. The Morgan fingerprint density at radius 2 is 2.33 bits per heavy atom. The zero-order valence-electron chi connectivity index (χ0n) is 10.1. The van der Waals surface area contributed by atoms with Crippen LogP contribution < -0.4 is 10.6 Å². The number of hydrogen-bond acceptors (Lipinski definition) is 3. The molecule has 0 bridgehead atoms. The third-order valence-corrected chi connectivity index (χ3v) is 3.49. The summed E-state index contributed by atoms with van der Waals surface area (Å²) in [7, 11) is 0. The van der Waals surface area contributed by atoms with Crippen molar-refractivity contribution in [3.63, 3.8) is 0 Å². The van der Waals surface area contributed by atoms with E-state index in [0.717, 1.165) is 0 Å². The molecule has 0 spiro atoms. The van der Waals surface area contributed by atoms with Gasteiger partial charge in [0.2, 0.25) is 5.91 Å². The average molecular weight is 247 g/mol. The molecule has 1 heterocycles. The molecule has 1 unspecified atom stereocenters. The molecule has 4 nitrogen and oxygen atoms in total. The Bertz CT molecular complexity index is 538. The number of halogens is 1. The highest BCUT2D eigenvalue weighted by Crippen LogP contribution is 2.34. The molecule has 2 N–H and O–H groups in total. The van der Waals surface area contributed by atoms with Gasteiger partial charge in [-0.2, -0.15) is 5.26 Å². The predicted molar refractivity (Wildman–Crippen MR) is 65.2 cm³/mol. The Kier molecular flexibility index (Phi) is 2.95. The molecule has 1 aromatic rings. The summed E-state index contributed by atoms with van der Waals surface area (Å²) in [4.78, 5) is 13.1. The molecule has 1 atom stereocenters. The highest BCUT2D eigenvalue weighted by molar-refractivity contribution is 5.82. The van der Waals surface area contributed by atoms with Crippen LogP contribution in [0, 0.1) is 22.6 Å². The Hall–Kier alpha value is -2.09. The Balaban J connectivity index is 2.25. The first-order valence-corrected chi connectivity index (χ1v) is 5.71.